The molecule has 2 aromatic heterocycles. The summed E-state index contributed by atoms with van der Waals surface area (Å²) in [5, 5.41) is 3.27. The van der Waals surface area contributed by atoms with Gasteiger partial charge in [-0.1, -0.05) is 13.0 Å². The molecule has 3 rings (SSSR count). The van der Waals surface area contributed by atoms with E-state index in [1.807, 2.05) is 29.2 Å². The lowest BCUT2D eigenvalue weighted by atomic mass is 10.00. The minimum absolute atomic E-state index is 0.0746. The number of carbonyl (C=O) groups is 1. The van der Waals surface area contributed by atoms with Crippen LogP contribution in [0.15, 0.2) is 42.9 Å². The van der Waals surface area contributed by atoms with Crippen LogP contribution in [0.1, 0.15) is 35.8 Å². The Morgan fingerprint density at radius 3 is 3.09 bits per heavy atom. The van der Waals surface area contributed by atoms with Crippen LogP contribution < -0.4 is 5.32 Å². The highest BCUT2D eigenvalue weighted by Gasteiger charge is 2.22. The van der Waals surface area contributed by atoms with Gasteiger partial charge in [0.05, 0.1) is 23.5 Å². The van der Waals surface area contributed by atoms with E-state index in [1.165, 1.54) is 6.42 Å². The number of hydrogen-bond acceptors (Lipinski definition) is 4. The summed E-state index contributed by atoms with van der Waals surface area (Å²) in [6.45, 7) is 4.49. The lowest BCUT2D eigenvalue weighted by molar-refractivity contribution is 0.0682. The molecule has 5 nitrogen and oxygen atoms in total. The second-order valence-electron chi connectivity index (χ2n) is 6.14. The van der Waals surface area contributed by atoms with Gasteiger partial charge in [0.2, 0.25) is 0 Å². The number of aromatic nitrogens is 2. The van der Waals surface area contributed by atoms with Gasteiger partial charge in [0.15, 0.2) is 0 Å². The van der Waals surface area contributed by atoms with Crippen LogP contribution in [0.5, 0.6) is 0 Å². The molecule has 23 heavy (non-hydrogen) atoms. The fourth-order valence-corrected chi connectivity index (χ4v) is 2.91. The molecule has 120 valence electrons. The van der Waals surface area contributed by atoms with E-state index in [4.69, 9.17) is 0 Å². The van der Waals surface area contributed by atoms with Gasteiger partial charge in [0.1, 0.15) is 0 Å². The van der Waals surface area contributed by atoms with Crippen molar-refractivity contribution in [3.8, 4) is 0 Å². The number of likely N-dealkylation sites (tertiary alicyclic amines) is 1. The smallest absolute Gasteiger partial charge is 0.255 e. The van der Waals surface area contributed by atoms with E-state index in [-0.39, 0.29) is 5.91 Å². The standard InChI is InChI=1S/C18H22N4O/c1-14-5-4-8-22(13-14)18(23)15-9-17(11-19-10-15)21-12-16-6-2-3-7-20-16/h2-3,6-7,9-11,14,21H,4-5,8,12-13H2,1H3. The Morgan fingerprint density at radius 2 is 2.30 bits per heavy atom. The molecule has 1 aliphatic heterocycles. The molecule has 0 radical (unpaired) electrons. The van der Waals surface area contributed by atoms with Crippen molar-refractivity contribution >= 4 is 11.6 Å². The first kappa shape index (κ1) is 15.5. The highest BCUT2D eigenvalue weighted by Crippen LogP contribution is 2.19. The van der Waals surface area contributed by atoms with Crippen LogP contribution in [-0.2, 0) is 6.54 Å². The first-order valence-corrected chi connectivity index (χ1v) is 8.10. The molecule has 1 fully saturated rings. The van der Waals surface area contributed by atoms with Crippen LogP contribution in [0.3, 0.4) is 0 Å². The van der Waals surface area contributed by atoms with Crippen molar-refractivity contribution in [2.75, 3.05) is 18.4 Å². The van der Waals surface area contributed by atoms with Gasteiger partial charge in [0.25, 0.3) is 5.91 Å². The van der Waals surface area contributed by atoms with Crippen molar-refractivity contribution < 1.29 is 4.79 Å². The molecule has 1 saturated heterocycles. The maximum Gasteiger partial charge on any atom is 0.255 e. The summed E-state index contributed by atoms with van der Waals surface area (Å²) in [6, 6.07) is 7.69. The third-order valence-electron chi connectivity index (χ3n) is 4.13. The number of anilines is 1. The Hall–Kier alpha value is -2.43. The van der Waals surface area contributed by atoms with E-state index in [9.17, 15) is 4.79 Å². The van der Waals surface area contributed by atoms with E-state index >= 15 is 0 Å². The molecule has 3 heterocycles. The van der Waals surface area contributed by atoms with Crippen molar-refractivity contribution in [3.63, 3.8) is 0 Å². The molecule has 2 aromatic rings. The maximum absolute atomic E-state index is 12.6. The number of hydrogen-bond donors (Lipinski definition) is 1. The zero-order valence-electron chi connectivity index (χ0n) is 13.4. The Kier molecular flexibility index (Phi) is 4.86. The third-order valence-corrected chi connectivity index (χ3v) is 4.13. The first-order valence-electron chi connectivity index (χ1n) is 8.10. The average Bonchev–Trinajstić information content (AvgIpc) is 2.60. The quantitative estimate of drug-likeness (QED) is 0.943. The average molecular weight is 310 g/mol. The normalized spacial score (nSPS) is 17.8. The lowest BCUT2D eigenvalue weighted by Crippen LogP contribution is -2.39. The predicted molar refractivity (Wildman–Crippen MR) is 90.1 cm³/mol. The summed E-state index contributed by atoms with van der Waals surface area (Å²) in [5.74, 6) is 0.650. The number of rotatable bonds is 4. The van der Waals surface area contributed by atoms with E-state index in [2.05, 4.69) is 22.2 Å². The van der Waals surface area contributed by atoms with Crippen LogP contribution in [-0.4, -0.2) is 33.9 Å². The van der Waals surface area contributed by atoms with Gasteiger partial charge in [-0.25, -0.2) is 0 Å². The van der Waals surface area contributed by atoms with Crippen LogP contribution >= 0.6 is 0 Å². The molecule has 1 unspecified atom stereocenters. The summed E-state index contributed by atoms with van der Waals surface area (Å²) < 4.78 is 0. The number of carbonyl (C=O) groups excluding carboxylic acids is 1. The number of amides is 1. The van der Waals surface area contributed by atoms with Crippen LogP contribution in [0.25, 0.3) is 0 Å². The van der Waals surface area contributed by atoms with Crippen molar-refractivity contribution in [1.29, 1.82) is 0 Å². The Bertz CT molecular complexity index is 659. The first-order chi connectivity index (χ1) is 11.2. The van der Waals surface area contributed by atoms with E-state index in [0.29, 0.717) is 18.0 Å². The van der Waals surface area contributed by atoms with Crippen molar-refractivity contribution in [2.24, 2.45) is 5.92 Å². The lowest BCUT2D eigenvalue weighted by Gasteiger charge is -2.31. The maximum atomic E-state index is 12.6. The van der Waals surface area contributed by atoms with Gasteiger partial charge in [-0.3, -0.25) is 14.8 Å². The summed E-state index contributed by atoms with van der Waals surface area (Å²) in [5.41, 5.74) is 2.44. The molecule has 1 aliphatic rings. The fraction of sp³-hybridized carbons (Fsp3) is 0.389. The van der Waals surface area contributed by atoms with Crippen LogP contribution in [0, 0.1) is 5.92 Å². The molecule has 5 heteroatoms. The molecule has 0 spiro atoms. The number of nitrogens with one attached hydrogen (secondary N) is 1. The van der Waals surface area contributed by atoms with Crippen molar-refractivity contribution in [3.05, 3.63) is 54.1 Å². The van der Waals surface area contributed by atoms with Crippen molar-refractivity contribution in [1.82, 2.24) is 14.9 Å². The minimum Gasteiger partial charge on any atom is -0.378 e. The molecule has 1 N–H and O–H groups in total. The SMILES string of the molecule is CC1CCCN(C(=O)c2cncc(NCc3ccccn3)c2)C1. The fourth-order valence-electron chi connectivity index (χ4n) is 2.91. The van der Waals surface area contributed by atoms with Gasteiger partial charge in [-0.2, -0.15) is 0 Å². The number of pyridine rings is 2. The summed E-state index contributed by atoms with van der Waals surface area (Å²) in [4.78, 5) is 23.0. The van der Waals surface area contributed by atoms with E-state index in [0.717, 1.165) is 30.9 Å². The van der Waals surface area contributed by atoms with Gasteiger partial charge in [-0.05, 0) is 37.0 Å². The Balaban J connectivity index is 1.66. The second-order valence-corrected chi connectivity index (χ2v) is 6.14. The molecular formula is C18H22N4O. The summed E-state index contributed by atoms with van der Waals surface area (Å²) in [6.07, 6.45) is 7.44. The zero-order valence-corrected chi connectivity index (χ0v) is 13.4. The molecule has 0 aliphatic carbocycles. The largest absolute Gasteiger partial charge is 0.378 e. The zero-order chi connectivity index (χ0) is 16.1. The van der Waals surface area contributed by atoms with Gasteiger partial charge in [-0.15, -0.1) is 0 Å². The number of piperidine rings is 1. The minimum atomic E-state index is 0.0746. The molecular weight excluding hydrogens is 288 g/mol. The summed E-state index contributed by atoms with van der Waals surface area (Å²) in [7, 11) is 0. The van der Waals surface area contributed by atoms with Gasteiger partial charge in [0, 0.05) is 31.7 Å². The van der Waals surface area contributed by atoms with E-state index < -0.39 is 0 Å². The van der Waals surface area contributed by atoms with Crippen LogP contribution in [0.4, 0.5) is 5.69 Å². The highest BCUT2D eigenvalue weighted by molar-refractivity contribution is 5.94. The van der Waals surface area contributed by atoms with E-state index in [1.54, 1.807) is 18.6 Å². The topological polar surface area (TPSA) is 58.1 Å². The molecule has 0 saturated carbocycles. The Labute approximate surface area is 136 Å². The number of nitrogens with zero attached hydrogens (tertiary/aromatic N) is 3. The van der Waals surface area contributed by atoms with Gasteiger partial charge < -0.3 is 10.2 Å². The second kappa shape index (κ2) is 7.22. The van der Waals surface area contributed by atoms with Crippen LogP contribution in [0.2, 0.25) is 0 Å². The van der Waals surface area contributed by atoms with Crippen molar-refractivity contribution in [2.45, 2.75) is 26.3 Å². The molecule has 0 aromatic carbocycles. The highest BCUT2D eigenvalue weighted by atomic mass is 16.2. The monoisotopic (exact) mass is 310 g/mol. The molecule has 0 bridgehead atoms. The summed E-state index contributed by atoms with van der Waals surface area (Å²) >= 11 is 0. The molecule has 1 amide bonds. The Morgan fingerprint density at radius 1 is 1.39 bits per heavy atom. The third kappa shape index (κ3) is 4.06. The molecule has 1 atom stereocenters. The predicted octanol–water partition coefficient (Wildman–Crippen LogP) is 2.96. The van der Waals surface area contributed by atoms with Gasteiger partial charge >= 0.3 is 0 Å².